The van der Waals surface area contributed by atoms with E-state index in [9.17, 15) is 9.59 Å². The number of aromatic nitrogens is 6. The lowest BCUT2D eigenvalue weighted by atomic mass is 10.1. The Balaban J connectivity index is 2.11. The number of ether oxygens (including phenoxy) is 1. The molecule has 0 atom stereocenters. The van der Waals surface area contributed by atoms with Crippen molar-refractivity contribution in [3.05, 3.63) is 50.7 Å². The molecule has 0 bridgehead atoms. The molecule has 0 spiro atoms. The summed E-state index contributed by atoms with van der Waals surface area (Å²) in [7, 11) is 3.13. The molecule has 4 rings (SSSR count). The normalized spacial score (nSPS) is 11.7. The van der Waals surface area contributed by atoms with Crippen LogP contribution in [0, 0.1) is 6.92 Å². The van der Waals surface area contributed by atoms with Crippen LogP contribution in [0.3, 0.4) is 0 Å². The number of hydrogen-bond donors (Lipinski definition) is 0. The Morgan fingerprint density at radius 3 is 2.43 bits per heavy atom. The molecule has 0 unspecified atom stereocenters. The van der Waals surface area contributed by atoms with E-state index in [1.54, 1.807) is 16.0 Å². The number of imidazole rings is 1. The van der Waals surface area contributed by atoms with Crippen LogP contribution in [-0.2, 0) is 25.4 Å². The zero-order valence-electron chi connectivity index (χ0n) is 16.3. The van der Waals surface area contributed by atoms with Gasteiger partial charge in [-0.3, -0.25) is 13.9 Å². The minimum absolute atomic E-state index is 0.366. The standard InChI is InChI=1S/C19H22N6O3/c1-5-28-11-10-24-14-16(22(3)19(27)23(4)17(14)26)25-15(20-21-18(24)25)13-8-6-12(2)7-9-13/h6-9H,5,10-11H2,1-4H3. The molecule has 0 aliphatic carbocycles. The highest BCUT2D eigenvalue weighted by atomic mass is 16.5. The van der Waals surface area contributed by atoms with Crippen LogP contribution in [0.2, 0.25) is 0 Å². The summed E-state index contributed by atoms with van der Waals surface area (Å²) in [6.07, 6.45) is 0. The van der Waals surface area contributed by atoms with Crippen LogP contribution in [0.25, 0.3) is 28.3 Å². The van der Waals surface area contributed by atoms with E-state index >= 15 is 0 Å². The van der Waals surface area contributed by atoms with Gasteiger partial charge < -0.3 is 9.30 Å². The topological polar surface area (TPSA) is 88.3 Å². The number of hydrogen-bond acceptors (Lipinski definition) is 5. The molecule has 3 heterocycles. The lowest BCUT2D eigenvalue weighted by Gasteiger charge is -2.07. The van der Waals surface area contributed by atoms with Crippen molar-refractivity contribution < 1.29 is 4.74 Å². The van der Waals surface area contributed by atoms with E-state index in [1.165, 1.54) is 11.6 Å². The van der Waals surface area contributed by atoms with E-state index in [0.29, 0.717) is 42.5 Å². The van der Waals surface area contributed by atoms with Gasteiger partial charge in [-0.1, -0.05) is 29.8 Å². The predicted octanol–water partition coefficient (Wildman–Crippen LogP) is 1.09. The Hall–Kier alpha value is -3.20. The summed E-state index contributed by atoms with van der Waals surface area (Å²) >= 11 is 0. The average Bonchev–Trinajstić information content (AvgIpc) is 3.24. The smallest absolute Gasteiger partial charge is 0.332 e. The maximum atomic E-state index is 12.9. The van der Waals surface area contributed by atoms with Crippen LogP contribution in [0.5, 0.6) is 0 Å². The van der Waals surface area contributed by atoms with Crippen LogP contribution in [0.4, 0.5) is 0 Å². The Bertz CT molecular complexity index is 1290. The molecule has 0 fully saturated rings. The van der Waals surface area contributed by atoms with Gasteiger partial charge in [-0.05, 0) is 13.8 Å². The highest BCUT2D eigenvalue weighted by Crippen LogP contribution is 2.24. The van der Waals surface area contributed by atoms with Crippen molar-refractivity contribution in [3.8, 4) is 11.4 Å². The fraction of sp³-hybridized carbons (Fsp3) is 0.368. The molecule has 0 radical (unpaired) electrons. The molecule has 28 heavy (non-hydrogen) atoms. The third kappa shape index (κ3) is 2.58. The van der Waals surface area contributed by atoms with Gasteiger partial charge in [0.05, 0.1) is 6.61 Å². The maximum absolute atomic E-state index is 12.9. The first-order valence-corrected chi connectivity index (χ1v) is 9.13. The second-order valence-electron chi connectivity index (χ2n) is 6.75. The molecule has 4 aromatic rings. The molecule has 9 heteroatoms. The number of fused-ring (bicyclic) bond motifs is 3. The predicted molar refractivity (Wildman–Crippen MR) is 106 cm³/mol. The van der Waals surface area contributed by atoms with E-state index in [4.69, 9.17) is 4.74 Å². The molecular formula is C19H22N6O3. The molecule has 0 aliphatic rings. The fourth-order valence-electron chi connectivity index (χ4n) is 3.46. The van der Waals surface area contributed by atoms with Gasteiger partial charge >= 0.3 is 5.69 Å². The molecule has 146 valence electrons. The summed E-state index contributed by atoms with van der Waals surface area (Å²) in [6, 6.07) is 7.88. The first kappa shape index (κ1) is 18.2. The van der Waals surface area contributed by atoms with E-state index in [0.717, 1.165) is 15.7 Å². The average molecular weight is 382 g/mol. The second kappa shape index (κ2) is 6.75. The van der Waals surface area contributed by atoms with Crippen LogP contribution < -0.4 is 11.2 Å². The second-order valence-corrected chi connectivity index (χ2v) is 6.75. The molecule has 1 aromatic carbocycles. The molecule has 0 saturated heterocycles. The summed E-state index contributed by atoms with van der Waals surface area (Å²) < 4.78 is 11.6. The SMILES string of the molecule is CCOCCn1c2c(=O)n(C)c(=O)n(C)c2n2c(-c3ccc(C)cc3)nnc12. The van der Waals surface area contributed by atoms with Gasteiger partial charge in [0.25, 0.3) is 5.56 Å². The molecule has 0 amide bonds. The maximum Gasteiger partial charge on any atom is 0.332 e. The van der Waals surface area contributed by atoms with Gasteiger partial charge in [0.1, 0.15) is 0 Å². The van der Waals surface area contributed by atoms with Crippen molar-refractivity contribution in [2.75, 3.05) is 13.2 Å². The third-order valence-electron chi connectivity index (χ3n) is 4.95. The summed E-state index contributed by atoms with van der Waals surface area (Å²) in [5, 5.41) is 8.68. The lowest BCUT2D eigenvalue weighted by molar-refractivity contribution is 0.140. The van der Waals surface area contributed by atoms with Gasteiger partial charge in [-0.2, -0.15) is 0 Å². The van der Waals surface area contributed by atoms with Crippen molar-refractivity contribution in [1.82, 2.24) is 28.3 Å². The molecule has 9 nitrogen and oxygen atoms in total. The van der Waals surface area contributed by atoms with Gasteiger partial charge in [-0.25, -0.2) is 9.20 Å². The van der Waals surface area contributed by atoms with Crippen LogP contribution in [-0.4, -0.2) is 41.5 Å². The number of rotatable bonds is 5. The zero-order valence-corrected chi connectivity index (χ0v) is 16.3. The number of benzene rings is 1. The number of nitrogens with zero attached hydrogens (tertiary/aromatic N) is 6. The van der Waals surface area contributed by atoms with E-state index in [2.05, 4.69) is 10.2 Å². The Morgan fingerprint density at radius 1 is 1.04 bits per heavy atom. The molecule has 0 saturated carbocycles. The Morgan fingerprint density at radius 2 is 1.75 bits per heavy atom. The largest absolute Gasteiger partial charge is 0.380 e. The lowest BCUT2D eigenvalue weighted by Crippen LogP contribution is -2.38. The monoisotopic (exact) mass is 382 g/mol. The van der Waals surface area contributed by atoms with E-state index in [-0.39, 0.29) is 5.56 Å². The van der Waals surface area contributed by atoms with Gasteiger partial charge in [0.15, 0.2) is 17.0 Å². The minimum Gasteiger partial charge on any atom is -0.380 e. The van der Waals surface area contributed by atoms with E-state index in [1.807, 2.05) is 38.1 Å². The van der Waals surface area contributed by atoms with Gasteiger partial charge in [0.2, 0.25) is 5.78 Å². The van der Waals surface area contributed by atoms with Crippen LogP contribution in [0.1, 0.15) is 12.5 Å². The van der Waals surface area contributed by atoms with Gasteiger partial charge in [-0.15, -0.1) is 10.2 Å². The van der Waals surface area contributed by atoms with Crippen molar-refractivity contribution in [2.45, 2.75) is 20.4 Å². The summed E-state index contributed by atoms with van der Waals surface area (Å²) in [5.74, 6) is 1.09. The Kier molecular flexibility index (Phi) is 4.38. The molecule has 3 aromatic heterocycles. The summed E-state index contributed by atoms with van der Waals surface area (Å²) in [5.41, 5.74) is 2.10. The first-order chi connectivity index (χ1) is 13.5. The van der Waals surface area contributed by atoms with Gasteiger partial charge in [0, 0.05) is 32.8 Å². The minimum atomic E-state index is -0.398. The fourth-order valence-corrected chi connectivity index (χ4v) is 3.46. The van der Waals surface area contributed by atoms with Crippen molar-refractivity contribution in [2.24, 2.45) is 14.1 Å². The number of aryl methyl sites for hydroxylation is 2. The quantitative estimate of drug-likeness (QED) is 0.482. The van der Waals surface area contributed by atoms with Crippen molar-refractivity contribution in [3.63, 3.8) is 0 Å². The highest BCUT2D eigenvalue weighted by Gasteiger charge is 2.23. The van der Waals surface area contributed by atoms with Crippen molar-refractivity contribution in [1.29, 1.82) is 0 Å². The molecule has 0 N–H and O–H groups in total. The molecule has 0 aliphatic heterocycles. The third-order valence-corrected chi connectivity index (χ3v) is 4.95. The van der Waals surface area contributed by atoms with Crippen molar-refractivity contribution >= 4 is 16.9 Å². The zero-order chi connectivity index (χ0) is 20.0. The summed E-state index contributed by atoms with van der Waals surface area (Å²) in [4.78, 5) is 25.5. The summed E-state index contributed by atoms with van der Waals surface area (Å²) in [6.45, 7) is 5.36. The first-order valence-electron chi connectivity index (χ1n) is 9.13. The Labute approximate surface area is 160 Å². The molecular weight excluding hydrogens is 360 g/mol. The highest BCUT2D eigenvalue weighted by molar-refractivity contribution is 5.79. The van der Waals surface area contributed by atoms with Crippen LogP contribution in [0.15, 0.2) is 33.9 Å². The van der Waals surface area contributed by atoms with E-state index < -0.39 is 5.69 Å². The van der Waals surface area contributed by atoms with Crippen LogP contribution >= 0.6 is 0 Å².